The summed E-state index contributed by atoms with van der Waals surface area (Å²) in [7, 11) is 1.63. The number of rotatable bonds is 5. The van der Waals surface area contributed by atoms with E-state index < -0.39 is 0 Å². The van der Waals surface area contributed by atoms with Crippen LogP contribution in [0.15, 0.2) is 29.4 Å². The topological polar surface area (TPSA) is 73.1 Å². The number of thioether (sulfide) groups is 1. The molecule has 0 N–H and O–H groups in total. The van der Waals surface area contributed by atoms with Crippen molar-refractivity contribution >= 4 is 17.7 Å². The average molecular weight is 375 g/mol. The van der Waals surface area contributed by atoms with Crippen LogP contribution in [0.5, 0.6) is 5.75 Å². The lowest BCUT2D eigenvalue weighted by Crippen LogP contribution is -2.45. The van der Waals surface area contributed by atoms with E-state index in [1.54, 1.807) is 11.8 Å². The highest BCUT2D eigenvalue weighted by atomic mass is 32.2. The molecule has 1 aromatic carbocycles. The van der Waals surface area contributed by atoms with Gasteiger partial charge in [0, 0.05) is 13.1 Å². The van der Waals surface area contributed by atoms with E-state index >= 15 is 0 Å². The van der Waals surface area contributed by atoms with Gasteiger partial charge in [0.05, 0.1) is 18.0 Å². The molecule has 0 bridgehead atoms. The van der Waals surface area contributed by atoms with Crippen molar-refractivity contribution in [1.82, 2.24) is 25.1 Å². The Bertz CT molecular complexity index is 738. The molecule has 0 aliphatic carbocycles. The monoisotopic (exact) mass is 375 g/mol. The van der Waals surface area contributed by atoms with Crippen LogP contribution in [0.25, 0.3) is 5.69 Å². The van der Waals surface area contributed by atoms with Crippen molar-refractivity contribution in [1.29, 1.82) is 0 Å². The molecule has 26 heavy (non-hydrogen) atoms. The normalized spacial score (nSPS) is 21.5. The predicted octanol–water partition coefficient (Wildman–Crippen LogP) is 2.66. The summed E-state index contributed by atoms with van der Waals surface area (Å²) >= 11 is 1.39. The van der Waals surface area contributed by atoms with Gasteiger partial charge in [0.2, 0.25) is 11.1 Å². The van der Waals surface area contributed by atoms with Gasteiger partial charge in [-0.25, -0.2) is 0 Å². The zero-order chi connectivity index (χ0) is 18.7. The van der Waals surface area contributed by atoms with Gasteiger partial charge < -0.3 is 9.64 Å². The summed E-state index contributed by atoms with van der Waals surface area (Å²) in [5.41, 5.74) is 0.832. The molecule has 1 saturated heterocycles. The van der Waals surface area contributed by atoms with Crippen molar-refractivity contribution in [2.24, 2.45) is 11.8 Å². The second-order valence-corrected chi connectivity index (χ2v) is 8.33. The smallest absolute Gasteiger partial charge is 0.235 e. The molecule has 2 aromatic rings. The zero-order valence-electron chi connectivity index (χ0n) is 15.6. The maximum Gasteiger partial charge on any atom is 0.235 e. The fourth-order valence-electron chi connectivity index (χ4n) is 3.45. The van der Waals surface area contributed by atoms with E-state index in [0.29, 0.717) is 17.0 Å². The van der Waals surface area contributed by atoms with Crippen LogP contribution in [-0.2, 0) is 4.79 Å². The number of benzene rings is 1. The van der Waals surface area contributed by atoms with E-state index in [1.807, 2.05) is 36.1 Å². The molecule has 0 unspecified atom stereocenters. The molecule has 1 aliphatic rings. The molecule has 0 spiro atoms. The molecule has 140 valence electrons. The van der Waals surface area contributed by atoms with E-state index in [0.717, 1.165) is 24.5 Å². The van der Waals surface area contributed by atoms with E-state index in [9.17, 15) is 4.79 Å². The number of hydrogen-bond donors (Lipinski definition) is 0. The average Bonchev–Trinajstić information content (AvgIpc) is 3.08. The van der Waals surface area contributed by atoms with Crippen LogP contribution in [0.3, 0.4) is 0 Å². The zero-order valence-corrected chi connectivity index (χ0v) is 16.4. The number of piperidine rings is 1. The third-order valence-corrected chi connectivity index (χ3v) is 5.59. The lowest BCUT2D eigenvalue weighted by atomic mass is 9.92. The summed E-state index contributed by atoms with van der Waals surface area (Å²) < 4.78 is 6.83. The van der Waals surface area contributed by atoms with E-state index in [-0.39, 0.29) is 11.2 Å². The Morgan fingerprint density at radius 1 is 1.23 bits per heavy atom. The maximum atomic E-state index is 12.9. The molecule has 2 heterocycles. The van der Waals surface area contributed by atoms with Crippen LogP contribution in [0.2, 0.25) is 0 Å². The lowest BCUT2D eigenvalue weighted by Gasteiger charge is -2.36. The van der Waals surface area contributed by atoms with Crippen LogP contribution >= 0.6 is 11.8 Å². The summed E-state index contributed by atoms with van der Waals surface area (Å²) in [5, 5.41) is 12.3. The first-order valence-corrected chi connectivity index (χ1v) is 9.74. The molecule has 1 aliphatic heterocycles. The molecule has 0 radical (unpaired) electrons. The van der Waals surface area contributed by atoms with Gasteiger partial charge in [-0.2, -0.15) is 4.68 Å². The van der Waals surface area contributed by atoms with Crippen molar-refractivity contribution in [2.75, 3.05) is 20.2 Å². The minimum Gasteiger partial charge on any atom is -0.497 e. The van der Waals surface area contributed by atoms with Crippen molar-refractivity contribution in [3.63, 3.8) is 0 Å². The Morgan fingerprint density at radius 2 is 1.88 bits per heavy atom. The third-order valence-electron chi connectivity index (χ3n) is 4.57. The minimum absolute atomic E-state index is 0.151. The number of ether oxygens (including phenoxy) is 1. The Morgan fingerprint density at radius 3 is 2.50 bits per heavy atom. The van der Waals surface area contributed by atoms with E-state index in [4.69, 9.17) is 4.74 Å². The second kappa shape index (κ2) is 8.07. The van der Waals surface area contributed by atoms with Gasteiger partial charge in [0.15, 0.2) is 0 Å². The summed E-state index contributed by atoms with van der Waals surface area (Å²) in [6.45, 7) is 7.99. The third kappa shape index (κ3) is 4.17. The van der Waals surface area contributed by atoms with E-state index in [2.05, 4.69) is 29.4 Å². The number of amides is 1. The molecule has 1 aromatic heterocycles. The van der Waals surface area contributed by atoms with E-state index in [1.165, 1.54) is 18.2 Å². The van der Waals surface area contributed by atoms with Crippen molar-refractivity contribution in [3.05, 3.63) is 24.3 Å². The maximum absolute atomic E-state index is 12.9. The number of likely N-dealkylation sites (tertiary alicyclic amines) is 1. The van der Waals surface area contributed by atoms with Crippen LogP contribution in [0.1, 0.15) is 27.2 Å². The van der Waals surface area contributed by atoms with Gasteiger partial charge >= 0.3 is 0 Å². The Balaban J connectivity index is 1.70. The van der Waals surface area contributed by atoms with Crippen molar-refractivity contribution < 1.29 is 9.53 Å². The van der Waals surface area contributed by atoms with Crippen LogP contribution < -0.4 is 4.74 Å². The van der Waals surface area contributed by atoms with Crippen molar-refractivity contribution in [3.8, 4) is 11.4 Å². The molecular weight excluding hydrogens is 350 g/mol. The molecule has 1 fully saturated rings. The molecule has 1 amide bonds. The predicted molar refractivity (Wildman–Crippen MR) is 101 cm³/mol. The summed E-state index contributed by atoms with van der Waals surface area (Å²) in [6.07, 6.45) is 1.18. The number of nitrogens with zero attached hydrogens (tertiary/aromatic N) is 5. The van der Waals surface area contributed by atoms with Gasteiger partial charge in [-0.15, -0.1) is 5.10 Å². The first kappa shape index (κ1) is 18.7. The number of methoxy groups -OCH3 is 1. The standard InChI is InChI=1S/C18H25N5O2S/c1-12-9-13(2)11-22(10-12)17(24)14(3)26-18-19-20-21-23(18)15-5-7-16(25-4)8-6-15/h5-8,12-14H,9-11H2,1-4H3/t12-,13-,14+/m0/s1. The quantitative estimate of drug-likeness (QED) is 0.748. The van der Waals surface area contributed by atoms with Crippen LogP contribution in [0, 0.1) is 11.8 Å². The Kier molecular flexibility index (Phi) is 5.80. The Labute approximate surface area is 158 Å². The number of hydrogen-bond acceptors (Lipinski definition) is 6. The number of tetrazole rings is 1. The first-order chi connectivity index (χ1) is 12.5. The first-order valence-electron chi connectivity index (χ1n) is 8.86. The Hall–Kier alpha value is -2.09. The highest BCUT2D eigenvalue weighted by Gasteiger charge is 2.29. The number of aromatic nitrogens is 4. The second-order valence-electron chi connectivity index (χ2n) is 7.02. The minimum atomic E-state index is -0.240. The summed E-state index contributed by atoms with van der Waals surface area (Å²) in [6, 6.07) is 7.49. The number of carbonyl (C=O) groups excluding carboxylic acids is 1. The van der Waals surface area contributed by atoms with Gasteiger partial charge in [0.25, 0.3) is 0 Å². The molecular formula is C18H25N5O2S. The summed E-state index contributed by atoms with van der Waals surface area (Å²) in [4.78, 5) is 14.8. The fraction of sp³-hybridized carbons (Fsp3) is 0.556. The molecule has 3 atom stereocenters. The SMILES string of the molecule is COc1ccc(-n2nnnc2S[C@H](C)C(=O)N2C[C@@H](C)C[C@H](C)C2)cc1. The van der Waals surface area contributed by atoms with Gasteiger partial charge in [-0.3, -0.25) is 4.79 Å². The molecule has 3 rings (SSSR count). The lowest BCUT2D eigenvalue weighted by molar-refractivity contribution is -0.132. The highest BCUT2D eigenvalue weighted by Crippen LogP contribution is 2.27. The number of carbonyl (C=O) groups is 1. The van der Waals surface area contributed by atoms with Crippen molar-refractivity contribution in [2.45, 2.75) is 37.6 Å². The van der Waals surface area contributed by atoms with Gasteiger partial charge in [0.1, 0.15) is 5.75 Å². The molecule has 0 saturated carbocycles. The van der Waals surface area contributed by atoms with Crippen LogP contribution in [-0.4, -0.2) is 56.5 Å². The largest absolute Gasteiger partial charge is 0.497 e. The fourth-order valence-corrected chi connectivity index (χ4v) is 4.34. The van der Waals surface area contributed by atoms with Crippen LogP contribution in [0.4, 0.5) is 0 Å². The van der Waals surface area contributed by atoms with Gasteiger partial charge in [-0.05, 0) is 59.9 Å². The highest BCUT2D eigenvalue weighted by molar-refractivity contribution is 8.00. The van der Waals surface area contributed by atoms with Gasteiger partial charge in [-0.1, -0.05) is 25.6 Å². The molecule has 8 heteroatoms. The molecule has 7 nitrogen and oxygen atoms in total. The summed E-state index contributed by atoms with van der Waals surface area (Å²) in [5.74, 6) is 2.01.